The first-order valence-corrected chi connectivity index (χ1v) is 5.26. The highest BCUT2D eigenvalue weighted by Crippen LogP contribution is 2.17. The van der Waals surface area contributed by atoms with Crippen molar-refractivity contribution in [3.05, 3.63) is 52.5 Å². The minimum atomic E-state index is 0.877. The lowest BCUT2D eigenvalue weighted by molar-refractivity contribution is 0.887. The Kier molecular flexibility index (Phi) is 2.68. The maximum absolute atomic E-state index is 4.33. The van der Waals surface area contributed by atoms with Crippen molar-refractivity contribution in [1.82, 2.24) is 9.55 Å². The van der Waals surface area contributed by atoms with Gasteiger partial charge in [-0.2, -0.15) is 0 Å². The zero-order valence-corrected chi connectivity index (χ0v) is 9.53. The van der Waals surface area contributed by atoms with E-state index in [1.165, 1.54) is 5.56 Å². The van der Waals surface area contributed by atoms with Crippen molar-refractivity contribution < 1.29 is 0 Å². The number of aryl methyl sites for hydroxylation is 1. The van der Waals surface area contributed by atoms with Crippen molar-refractivity contribution in [3.8, 4) is 0 Å². The fraction of sp³-hybridized carbons (Fsp3) is 0.182. The summed E-state index contributed by atoms with van der Waals surface area (Å²) in [7, 11) is 1.98. The highest BCUT2D eigenvalue weighted by Gasteiger charge is 2.05. The average Bonchev–Trinajstić information content (AvgIpc) is 2.52. The minimum absolute atomic E-state index is 0.877. The average molecular weight is 251 g/mol. The molecule has 0 fully saturated rings. The fourth-order valence-corrected chi connectivity index (χ4v) is 1.71. The van der Waals surface area contributed by atoms with Crippen molar-refractivity contribution >= 4 is 15.9 Å². The number of hydrogen-bond donors (Lipinski definition) is 0. The molecule has 0 saturated heterocycles. The van der Waals surface area contributed by atoms with Gasteiger partial charge in [0.25, 0.3) is 0 Å². The summed E-state index contributed by atoms with van der Waals surface area (Å²) < 4.78 is 3.03. The molecule has 1 heterocycles. The van der Waals surface area contributed by atoms with E-state index in [0.29, 0.717) is 0 Å². The first-order valence-electron chi connectivity index (χ1n) is 4.47. The minimum Gasteiger partial charge on any atom is -0.328 e. The highest BCUT2D eigenvalue weighted by molar-refractivity contribution is 9.10. The number of nitrogens with zero attached hydrogens (tertiary/aromatic N) is 2. The molecule has 0 spiro atoms. The summed E-state index contributed by atoms with van der Waals surface area (Å²) in [5.41, 5.74) is 2.37. The number of imidazole rings is 1. The van der Waals surface area contributed by atoms with Crippen LogP contribution in [0, 0.1) is 0 Å². The highest BCUT2D eigenvalue weighted by atomic mass is 79.9. The molecule has 14 heavy (non-hydrogen) atoms. The molecule has 3 heteroatoms. The predicted molar refractivity (Wildman–Crippen MR) is 60.2 cm³/mol. The first-order chi connectivity index (χ1) is 6.77. The van der Waals surface area contributed by atoms with Crippen LogP contribution in [0.1, 0.15) is 11.3 Å². The summed E-state index contributed by atoms with van der Waals surface area (Å²) in [6, 6.07) is 10.3. The zero-order chi connectivity index (χ0) is 9.97. The Hall–Kier alpha value is -1.09. The largest absolute Gasteiger partial charge is 0.328 e. The SMILES string of the molecule is Cn1cnc(Cc2ccccc2)c1Br. The van der Waals surface area contributed by atoms with Crippen LogP contribution in [-0.2, 0) is 13.5 Å². The van der Waals surface area contributed by atoms with Gasteiger partial charge < -0.3 is 4.57 Å². The Labute approximate surface area is 91.7 Å². The van der Waals surface area contributed by atoms with Crippen molar-refractivity contribution in [2.24, 2.45) is 7.05 Å². The molecule has 0 aliphatic heterocycles. The topological polar surface area (TPSA) is 17.8 Å². The normalized spacial score (nSPS) is 10.4. The van der Waals surface area contributed by atoms with E-state index in [0.717, 1.165) is 16.7 Å². The maximum atomic E-state index is 4.33. The van der Waals surface area contributed by atoms with Crippen LogP contribution in [0.3, 0.4) is 0 Å². The smallest absolute Gasteiger partial charge is 0.108 e. The molecule has 0 bridgehead atoms. The van der Waals surface area contributed by atoms with Gasteiger partial charge in [0.05, 0.1) is 12.0 Å². The Bertz CT molecular complexity index is 420. The number of rotatable bonds is 2. The van der Waals surface area contributed by atoms with Crippen LogP contribution in [-0.4, -0.2) is 9.55 Å². The third-order valence-electron chi connectivity index (χ3n) is 2.15. The van der Waals surface area contributed by atoms with Crippen LogP contribution in [0.25, 0.3) is 0 Å². The number of aromatic nitrogens is 2. The van der Waals surface area contributed by atoms with Gasteiger partial charge in [-0.15, -0.1) is 0 Å². The standard InChI is InChI=1S/C11H11BrN2/c1-14-8-13-10(11(14)12)7-9-5-3-2-4-6-9/h2-6,8H,7H2,1H3. The molecule has 0 saturated carbocycles. The van der Waals surface area contributed by atoms with Crippen molar-refractivity contribution in [3.63, 3.8) is 0 Å². The van der Waals surface area contributed by atoms with Crippen LogP contribution < -0.4 is 0 Å². The molecule has 0 amide bonds. The molecule has 0 atom stereocenters. The van der Waals surface area contributed by atoms with E-state index >= 15 is 0 Å². The van der Waals surface area contributed by atoms with Crippen LogP contribution in [0.5, 0.6) is 0 Å². The van der Waals surface area contributed by atoms with E-state index in [2.05, 4.69) is 33.0 Å². The Balaban J connectivity index is 2.23. The summed E-state index contributed by atoms with van der Waals surface area (Å²) >= 11 is 3.51. The summed E-state index contributed by atoms with van der Waals surface area (Å²) in [5.74, 6) is 0. The van der Waals surface area contributed by atoms with E-state index in [4.69, 9.17) is 0 Å². The zero-order valence-electron chi connectivity index (χ0n) is 7.94. The quantitative estimate of drug-likeness (QED) is 0.802. The molecular weight excluding hydrogens is 240 g/mol. The maximum Gasteiger partial charge on any atom is 0.108 e. The van der Waals surface area contributed by atoms with Gasteiger partial charge in [-0.3, -0.25) is 0 Å². The van der Waals surface area contributed by atoms with Crippen LogP contribution >= 0.6 is 15.9 Å². The molecule has 0 aliphatic carbocycles. The summed E-state index contributed by atoms with van der Waals surface area (Å²) in [5, 5.41) is 0. The van der Waals surface area contributed by atoms with Gasteiger partial charge in [-0.05, 0) is 21.5 Å². The van der Waals surface area contributed by atoms with E-state index in [1.54, 1.807) is 0 Å². The second-order valence-electron chi connectivity index (χ2n) is 3.26. The van der Waals surface area contributed by atoms with Gasteiger partial charge in [0.1, 0.15) is 4.60 Å². The van der Waals surface area contributed by atoms with Crippen molar-refractivity contribution in [2.45, 2.75) is 6.42 Å². The van der Waals surface area contributed by atoms with E-state index in [-0.39, 0.29) is 0 Å². The van der Waals surface area contributed by atoms with Crippen LogP contribution in [0.2, 0.25) is 0 Å². The third kappa shape index (κ3) is 1.87. The molecule has 2 aromatic rings. The lowest BCUT2D eigenvalue weighted by Gasteiger charge is -1.99. The van der Waals surface area contributed by atoms with Gasteiger partial charge in [0.2, 0.25) is 0 Å². The van der Waals surface area contributed by atoms with Gasteiger partial charge in [0, 0.05) is 13.5 Å². The molecule has 1 aromatic carbocycles. The molecular formula is C11H11BrN2. The lowest BCUT2D eigenvalue weighted by atomic mass is 10.1. The second kappa shape index (κ2) is 3.96. The molecule has 72 valence electrons. The number of benzene rings is 1. The van der Waals surface area contributed by atoms with E-state index in [9.17, 15) is 0 Å². The van der Waals surface area contributed by atoms with Crippen LogP contribution in [0.4, 0.5) is 0 Å². The monoisotopic (exact) mass is 250 g/mol. The number of halogens is 1. The molecule has 2 rings (SSSR count). The third-order valence-corrected chi connectivity index (χ3v) is 3.17. The summed E-state index contributed by atoms with van der Waals surface area (Å²) in [4.78, 5) is 4.33. The molecule has 2 nitrogen and oxygen atoms in total. The predicted octanol–water partition coefficient (Wildman–Crippen LogP) is 2.77. The number of hydrogen-bond acceptors (Lipinski definition) is 1. The van der Waals surface area contributed by atoms with Crippen molar-refractivity contribution in [2.75, 3.05) is 0 Å². The van der Waals surface area contributed by atoms with E-state index < -0.39 is 0 Å². The van der Waals surface area contributed by atoms with Gasteiger partial charge in [0.15, 0.2) is 0 Å². The van der Waals surface area contributed by atoms with Crippen LogP contribution in [0.15, 0.2) is 41.3 Å². The molecule has 0 unspecified atom stereocenters. The summed E-state index contributed by atoms with van der Waals surface area (Å²) in [6.07, 6.45) is 2.70. The summed E-state index contributed by atoms with van der Waals surface area (Å²) in [6.45, 7) is 0. The lowest BCUT2D eigenvalue weighted by Crippen LogP contribution is -1.90. The fourth-order valence-electron chi connectivity index (χ4n) is 1.37. The molecule has 0 N–H and O–H groups in total. The van der Waals surface area contributed by atoms with Crippen molar-refractivity contribution in [1.29, 1.82) is 0 Å². The Morgan fingerprint density at radius 3 is 2.57 bits per heavy atom. The Morgan fingerprint density at radius 1 is 1.29 bits per heavy atom. The van der Waals surface area contributed by atoms with Gasteiger partial charge in [-0.1, -0.05) is 30.3 Å². The second-order valence-corrected chi connectivity index (χ2v) is 4.01. The Morgan fingerprint density at radius 2 is 2.00 bits per heavy atom. The molecule has 0 radical (unpaired) electrons. The molecule has 1 aromatic heterocycles. The molecule has 0 aliphatic rings. The van der Waals surface area contributed by atoms with E-state index in [1.807, 2.05) is 36.1 Å². The first kappa shape index (κ1) is 9.46. The van der Waals surface area contributed by atoms with Gasteiger partial charge in [-0.25, -0.2) is 4.98 Å². The van der Waals surface area contributed by atoms with Gasteiger partial charge >= 0.3 is 0 Å².